The van der Waals surface area contributed by atoms with Gasteiger partial charge in [-0.2, -0.15) is 0 Å². The molecule has 144 valence electrons. The summed E-state index contributed by atoms with van der Waals surface area (Å²) in [5.74, 6) is -2.22. The zero-order chi connectivity index (χ0) is 20.5. The first-order valence-corrected chi connectivity index (χ1v) is 9.16. The van der Waals surface area contributed by atoms with Gasteiger partial charge in [-0.05, 0) is 36.8 Å². The minimum absolute atomic E-state index is 0.00868. The van der Waals surface area contributed by atoms with Crippen LogP contribution in [0, 0.1) is 12.7 Å². The summed E-state index contributed by atoms with van der Waals surface area (Å²) in [4.78, 5) is 27.2. The number of benzene rings is 3. The first-order chi connectivity index (χ1) is 14.0. The third kappa shape index (κ3) is 3.31. The fourth-order valence-corrected chi connectivity index (χ4v) is 3.52. The van der Waals surface area contributed by atoms with E-state index < -0.39 is 23.5 Å². The molecule has 1 saturated heterocycles. The quantitative estimate of drug-likeness (QED) is 0.400. The van der Waals surface area contributed by atoms with Crippen molar-refractivity contribution in [2.45, 2.75) is 13.0 Å². The molecule has 29 heavy (non-hydrogen) atoms. The number of halogens is 1. The van der Waals surface area contributed by atoms with E-state index >= 15 is 0 Å². The second-order valence-corrected chi connectivity index (χ2v) is 6.92. The van der Waals surface area contributed by atoms with E-state index in [0.717, 1.165) is 5.56 Å². The number of carbonyl (C=O) groups is 2. The number of hydrogen-bond donors (Lipinski definition) is 1. The van der Waals surface area contributed by atoms with Gasteiger partial charge >= 0.3 is 0 Å². The van der Waals surface area contributed by atoms with Gasteiger partial charge in [-0.25, -0.2) is 4.39 Å². The van der Waals surface area contributed by atoms with Crippen LogP contribution in [0.4, 0.5) is 10.1 Å². The Morgan fingerprint density at radius 3 is 2.14 bits per heavy atom. The lowest BCUT2D eigenvalue weighted by molar-refractivity contribution is -0.132. The first kappa shape index (κ1) is 18.6. The van der Waals surface area contributed by atoms with Crippen LogP contribution in [0.5, 0.6) is 0 Å². The Kier molecular flexibility index (Phi) is 4.72. The topological polar surface area (TPSA) is 57.6 Å². The Morgan fingerprint density at radius 1 is 0.897 bits per heavy atom. The van der Waals surface area contributed by atoms with E-state index in [1.54, 1.807) is 36.4 Å². The van der Waals surface area contributed by atoms with Crippen molar-refractivity contribution in [1.29, 1.82) is 0 Å². The second-order valence-electron chi connectivity index (χ2n) is 6.92. The van der Waals surface area contributed by atoms with Gasteiger partial charge in [-0.1, -0.05) is 60.2 Å². The molecule has 4 nitrogen and oxygen atoms in total. The Balaban J connectivity index is 1.93. The van der Waals surface area contributed by atoms with Crippen LogP contribution in [0.25, 0.3) is 5.76 Å². The Morgan fingerprint density at radius 2 is 1.52 bits per heavy atom. The molecule has 4 rings (SSSR count). The van der Waals surface area contributed by atoms with Gasteiger partial charge < -0.3 is 5.11 Å². The SMILES string of the molecule is Cc1ccc(/C(O)=C2\C(=O)C(=O)N(c3ccc(F)cc3)[C@H]2c2ccccc2)cc1. The summed E-state index contributed by atoms with van der Waals surface area (Å²) in [5.41, 5.74) is 2.52. The summed E-state index contributed by atoms with van der Waals surface area (Å²) in [5, 5.41) is 11.0. The summed E-state index contributed by atoms with van der Waals surface area (Å²) < 4.78 is 13.4. The number of ketones is 1. The fourth-order valence-electron chi connectivity index (χ4n) is 3.52. The fraction of sp³-hybridized carbons (Fsp3) is 0.0833. The number of amides is 1. The molecule has 0 bridgehead atoms. The minimum Gasteiger partial charge on any atom is -0.507 e. The third-order valence-corrected chi connectivity index (χ3v) is 4.99. The molecule has 0 unspecified atom stereocenters. The van der Waals surface area contributed by atoms with Gasteiger partial charge in [0.05, 0.1) is 11.6 Å². The summed E-state index contributed by atoms with van der Waals surface area (Å²) in [6.07, 6.45) is 0. The average molecular weight is 387 g/mol. The van der Waals surface area contributed by atoms with Crippen LogP contribution in [0.2, 0.25) is 0 Å². The predicted molar refractivity (Wildman–Crippen MR) is 109 cm³/mol. The summed E-state index contributed by atoms with van der Waals surface area (Å²) in [7, 11) is 0. The van der Waals surface area contributed by atoms with Gasteiger partial charge in [0.15, 0.2) is 0 Å². The van der Waals surface area contributed by atoms with E-state index in [2.05, 4.69) is 0 Å². The Bertz CT molecular complexity index is 1100. The number of nitrogens with zero attached hydrogens (tertiary/aromatic N) is 1. The second kappa shape index (κ2) is 7.36. The molecule has 0 aromatic heterocycles. The van der Waals surface area contributed by atoms with Crippen molar-refractivity contribution < 1.29 is 19.1 Å². The monoisotopic (exact) mass is 387 g/mol. The smallest absolute Gasteiger partial charge is 0.300 e. The number of aliphatic hydroxyl groups excluding tert-OH is 1. The van der Waals surface area contributed by atoms with Gasteiger partial charge in [0.1, 0.15) is 11.6 Å². The normalized spacial score (nSPS) is 18.3. The summed E-state index contributed by atoms with van der Waals surface area (Å²) >= 11 is 0. The number of aryl methyl sites for hydroxylation is 1. The Hall–Kier alpha value is -3.73. The zero-order valence-electron chi connectivity index (χ0n) is 15.7. The van der Waals surface area contributed by atoms with E-state index in [1.807, 2.05) is 25.1 Å². The molecule has 1 aliphatic rings. The standard InChI is InChI=1S/C24H18FNO3/c1-15-7-9-17(10-8-15)22(27)20-21(16-5-3-2-4-6-16)26(24(29)23(20)28)19-13-11-18(25)12-14-19/h2-14,21,27H,1H3/b22-20+/t21-/m0/s1. The van der Waals surface area contributed by atoms with E-state index in [1.165, 1.54) is 29.2 Å². The van der Waals surface area contributed by atoms with E-state index in [-0.39, 0.29) is 11.3 Å². The molecule has 1 N–H and O–H groups in total. The van der Waals surface area contributed by atoms with E-state index in [0.29, 0.717) is 16.8 Å². The van der Waals surface area contributed by atoms with Crippen LogP contribution in [0.3, 0.4) is 0 Å². The van der Waals surface area contributed by atoms with Crippen molar-refractivity contribution in [2.24, 2.45) is 0 Å². The molecule has 0 radical (unpaired) electrons. The average Bonchev–Trinajstić information content (AvgIpc) is 3.00. The van der Waals surface area contributed by atoms with Gasteiger partial charge in [0.25, 0.3) is 11.7 Å². The molecule has 1 heterocycles. The molecule has 0 spiro atoms. The van der Waals surface area contributed by atoms with Crippen molar-refractivity contribution in [3.05, 3.63) is 107 Å². The number of carbonyl (C=O) groups excluding carboxylic acids is 2. The molecule has 1 fully saturated rings. The largest absolute Gasteiger partial charge is 0.507 e. The summed E-state index contributed by atoms with van der Waals surface area (Å²) in [6, 6.07) is 20.6. The molecule has 0 saturated carbocycles. The third-order valence-electron chi connectivity index (χ3n) is 4.99. The molecular formula is C24H18FNO3. The van der Waals surface area contributed by atoms with Crippen molar-refractivity contribution in [1.82, 2.24) is 0 Å². The molecule has 0 aliphatic carbocycles. The van der Waals surface area contributed by atoms with Gasteiger partial charge in [-0.15, -0.1) is 0 Å². The van der Waals surface area contributed by atoms with Crippen LogP contribution in [0.15, 0.2) is 84.4 Å². The summed E-state index contributed by atoms with van der Waals surface area (Å²) in [6.45, 7) is 1.92. The van der Waals surface area contributed by atoms with E-state index in [4.69, 9.17) is 0 Å². The van der Waals surface area contributed by atoms with Crippen LogP contribution in [0.1, 0.15) is 22.7 Å². The highest BCUT2D eigenvalue weighted by molar-refractivity contribution is 6.51. The van der Waals surface area contributed by atoms with Crippen LogP contribution in [-0.4, -0.2) is 16.8 Å². The number of Topliss-reactive ketones (excluding diaryl/α,β-unsaturated/α-hetero) is 1. The highest BCUT2D eigenvalue weighted by atomic mass is 19.1. The molecule has 5 heteroatoms. The lowest BCUT2D eigenvalue weighted by atomic mass is 9.95. The van der Waals surface area contributed by atoms with Gasteiger partial charge in [-0.3, -0.25) is 14.5 Å². The Labute approximate surface area is 167 Å². The number of anilines is 1. The van der Waals surface area contributed by atoms with Crippen molar-refractivity contribution in [3.8, 4) is 0 Å². The lowest BCUT2D eigenvalue weighted by Crippen LogP contribution is -2.29. The highest BCUT2D eigenvalue weighted by Crippen LogP contribution is 2.42. The van der Waals surface area contributed by atoms with Crippen molar-refractivity contribution >= 4 is 23.1 Å². The maximum absolute atomic E-state index is 13.4. The molecule has 3 aromatic rings. The zero-order valence-corrected chi connectivity index (χ0v) is 15.7. The van der Waals surface area contributed by atoms with Crippen LogP contribution < -0.4 is 4.90 Å². The van der Waals surface area contributed by atoms with Crippen molar-refractivity contribution in [2.75, 3.05) is 4.90 Å². The van der Waals surface area contributed by atoms with Crippen molar-refractivity contribution in [3.63, 3.8) is 0 Å². The van der Waals surface area contributed by atoms with Crippen LogP contribution in [-0.2, 0) is 9.59 Å². The van der Waals surface area contributed by atoms with Gasteiger partial charge in [0.2, 0.25) is 0 Å². The number of rotatable bonds is 3. The minimum atomic E-state index is -0.817. The first-order valence-electron chi connectivity index (χ1n) is 9.16. The molecule has 3 aromatic carbocycles. The molecule has 1 atom stereocenters. The van der Waals surface area contributed by atoms with Gasteiger partial charge in [0, 0.05) is 11.3 Å². The lowest BCUT2D eigenvalue weighted by Gasteiger charge is -2.25. The van der Waals surface area contributed by atoms with E-state index in [9.17, 15) is 19.1 Å². The molecular weight excluding hydrogens is 369 g/mol. The molecule has 1 amide bonds. The predicted octanol–water partition coefficient (Wildman–Crippen LogP) is 4.76. The van der Waals surface area contributed by atoms with Crippen LogP contribution >= 0.6 is 0 Å². The number of hydrogen-bond acceptors (Lipinski definition) is 3. The maximum atomic E-state index is 13.4. The maximum Gasteiger partial charge on any atom is 0.300 e. The number of aliphatic hydroxyl groups is 1. The molecule has 1 aliphatic heterocycles. The highest BCUT2D eigenvalue weighted by Gasteiger charge is 2.46.